The molecule has 6 nitrogen and oxygen atoms in total. The van der Waals surface area contributed by atoms with Crippen molar-refractivity contribution in [2.45, 2.75) is 70.4 Å². The van der Waals surface area contributed by atoms with E-state index in [2.05, 4.69) is 21.8 Å². The number of rotatable bonds is 8. The van der Waals surface area contributed by atoms with Crippen molar-refractivity contribution in [3.63, 3.8) is 0 Å². The fourth-order valence-corrected chi connectivity index (χ4v) is 3.40. The van der Waals surface area contributed by atoms with Gasteiger partial charge in [0.25, 0.3) is 5.17 Å². The maximum atomic E-state index is 11.1. The molecule has 0 bridgehead atoms. The first-order valence-corrected chi connectivity index (χ1v) is 9.81. The number of methoxy groups -OCH3 is 1. The average molecular weight is 386 g/mol. The van der Waals surface area contributed by atoms with E-state index in [4.69, 9.17) is 26.4 Å². The molecule has 2 saturated heterocycles. The molecule has 2 aliphatic rings. The van der Waals surface area contributed by atoms with Crippen molar-refractivity contribution < 1.29 is 23.7 Å². The predicted molar refractivity (Wildman–Crippen MR) is 103 cm³/mol. The number of allylic oxidation sites excluding steroid dienone is 1. The van der Waals surface area contributed by atoms with Crippen LogP contribution in [0.15, 0.2) is 12.2 Å². The minimum Gasteiger partial charge on any atom is -0.469 e. The molecular weight excluding hydrogens is 354 g/mol. The number of hydrogen-bond acceptors (Lipinski definition) is 6. The summed E-state index contributed by atoms with van der Waals surface area (Å²) in [6.07, 6.45) is 8.86. The maximum absolute atomic E-state index is 11.1. The molecule has 2 heterocycles. The van der Waals surface area contributed by atoms with Crippen LogP contribution in [-0.4, -0.2) is 60.8 Å². The third-order valence-electron chi connectivity index (χ3n) is 4.58. The summed E-state index contributed by atoms with van der Waals surface area (Å²) in [6.45, 7) is 6.23. The summed E-state index contributed by atoms with van der Waals surface area (Å²) >= 11 is 5.48. The topological polar surface area (TPSA) is 57.2 Å². The molecule has 2 atom stereocenters. The van der Waals surface area contributed by atoms with E-state index in [1.807, 2.05) is 13.8 Å². The Balaban J connectivity index is 1.84. The zero-order valence-electron chi connectivity index (χ0n) is 16.1. The van der Waals surface area contributed by atoms with E-state index in [1.165, 1.54) is 7.11 Å². The first-order chi connectivity index (χ1) is 12.4. The number of ether oxygens (including phenoxy) is 4. The van der Waals surface area contributed by atoms with E-state index in [9.17, 15) is 4.79 Å². The Morgan fingerprint density at radius 2 is 2.08 bits per heavy atom. The Morgan fingerprint density at radius 1 is 1.35 bits per heavy atom. The van der Waals surface area contributed by atoms with Crippen LogP contribution in [-0.2, 0) is 23.7 Å². The summed E-state index contributed by atoms with van der Waals surface area (Å²) in [7, 11) is 1.41. The lowest BCUT2D eigenvalue weighted by atomic mass is 10.1. The fourth-order valence-electron chi connectivity index (χ4n) is 3.09. The van der Waals surface area contributed by atoms with Gasteiger partial charge >= 0.3 is 5.97 Å². The molecule has 2 fully saturated rings. The number of esters is 1. The highest BCUT2D eigenvalue weighted by Gasteiger charge is 2.38. The molecule has 0 aromatic heterocycles. The lowest BCUT2D eigenvalue weighted by Crippen LogP contribution is -2.38. The first kappa shape index (κ1) is 21.1. The zero-order chi connectivity index (χ0) is 19.0. The Hall–Kier alpha value is -1.18. The van der Waals surface area contributed by atoms with E-state index >= 15 is 0 Å². The van der Waals surface area contributed by atoms with E-state index in [0.717, 1.165) is 38.8 Å². The SMILES string of the molecule is COC(=O)CCC/C=C/C[C@H](OC(=S)N1CCCC1)[C@H]1COC(C)(C)O1. The highest BCUT2D eigenvalue weighted by molar-refractivity contribution is 7.80. The fraction of sp³-hybridized carbons (Fsp3) is 0.789. The van der Waals surface area contributed by atoms with Crippen LogP contribution < -0.4 is 0 Å². The standard InChI is InChI=1S/C19H31NO5S/c1-19(2)23-14-16(25-19)15(24-18(26)20-12-8-9-13-20)10-6-4-5-7-11-17(21)22-3/h4,6,15-16H,5,7-14H2,1-3H3/b6-4+/t15-,16+/m0/s1. The second kappa shape index (κ2) is 10.2. The molecule has 26 heavy (non-hydrogen) atoms. The van der Waals surface area contributed by atoms with Crippen LogP contribution in [0.25, 0.3) is 0 Å². The summed E-state index contributed by atoms with van der Waals surface area (Å²) in [6, 6.07) is 0. The van der Waals surface area contributed by atoms with Gasteiger partial charge in [-0.05, 0) is 51.7 Å². The Bertz CT molecular complexity index is 502. The third-order valence-corrected chi connectivity index (χ3v) is 4.93. The van der Waals surface area contributed by atoms with Gasteiger partial charge in [0.1, 0.15) is 12.2 Å². The van der Waals surface area contributed by atoms with E-state index < -0.39 is 5.79 Å². The van der Waals surface area contributed by atoms with Crippen LogP contribution in [0, 0.1) is 0 Å². The monoisotopic (exact) mass is 385 g/mol. The van der Waals surface area contributed by atoms with Crippen LogP contribution in [0.5, 0.6) is 0 Å². The minimum atomic E-state index is -0.591. The summed E-state index contributed by atoms with van der Waals surface area (Å²) in [5.41, 5.74) is 0. The van der Waals surface area contributed by atoms with E-state index in [1.54, 1.807) is 0 Å². The van der Waals surface area contributed by atoms with Gasteiger partial charge in [-0.2, -0.15) is 0 Å². The van der Waals surface area contributed by atoms with Gasteiger partial charge in [-0.1, -0.05) is 12.2 Å². The quantitative estimate of drug-likeness (QED) is 0.275. The molecular formula is C19H31NO5S. The molecule has 2 rings (SSSR count). The van der Waals surface area contributed by atoms with Crippen molar-refractivity contribution in [3.8, 4) is 0 Å². The molecule has 148 valence electrons. The highest BCUT2D eigenvalue weighted by Crippen LogP contribution is 2.27. The zero-order valence-corrected chi connectivity index (χ0v) is 16.9. The molecule has 0 aliphatic carbocycles. The number of hydrogen-bond donors (Lipinski definition) is 0. The molecule has 0 radical (unpaired) electrons. The Kier molecular flexibility index (Phi) is 8.31. The van der Waals surface area contributed by atoms with Gasteiger partial charge in [-0.3, -0.25) is 4.79 Å². The molecule has 0 spiro atoms. The second-order valence-corrected chi connectivity index (χ2v) is 7.51. The molecule has 0 saturated carbocycles. The number of carbonyl (C=O) groups is 1. The Labute approximate surface area is 161 Å². The largest absolute Gasteiger partial charge is 0.469 e. The van der Waals surface area contributed by atoms with Crippen LogP contribution in [0.2, 0.25) is 0 Å². The second-order valence-electron chi connectivity index (χ2n) is 7.16. The molecule has 7 heteroatoms. The van der Waals surface area contributed by atoms with Crippen molar-refractivity contribution in [1.29, 1.82) is 0 Å². The van der Waals surface area contributed by atoms with Gasteiger partial charge in [-0.15, -0.1) is 0 Å². The highest BCUT2D eigenvalue weighted by atomic mass is 32.1. The van der Waals surface area contributed by atoms with Crippen LogP contribution in [0.4, 0.5) is 0 Å². The summed E-state index contributed by atoms with van der Waals surface area (Å²) < 4.78 is 22.4. The number of thiocarbonyl (C=S) groups is 1. The number of unbranched alkanes of at least 4 members (excludes halogenated alkanes) is 1. The molecule has 0 aromatic carbocycles. The summed E-state index contributed by atoms with van der Waals surface area (Å²) in [4.78, 5) is 13.2. The maximum Gasteiger partial charge on any atom is 0.305 e. The smallest absolute Gasteiger partial charge is 0.305 e. The van der Waals surface area contributed by atoms with E-state index in [0.29, 0.717) is 24.6 Å². The lowest BCUT2D eigenvalue weighted by Gasteiger charge is -2.27. The molecule has 0 unspecified atom stereocenters. The van der Waals surface area contributed by atoms with Crippen molar-refractivity contribution in [2.24, 2.45) is 0 Å². The van der Waals surface area contributed by atoms with Gasteiger partial charge in [0.2, 0.25) is 0 Å². The summed E-state index contributed by atoms with van der Waals surface area (Å²) in [5, 5.41) is 0.555. The van der Waals surface area contributed by atoms with Crippen LogP contribution in [0.1, 0.15) is 52.4 Å². The number of nitrogens with zero attached hydrogens (tertiary/aromatic N) is 1. The molecule has 2 aliphatic heterocycles. The van der Waals surface area contributed by atoms with Crippen LogP contribution in [0.3, 0.4) is 0 Å². The van der Waals surface area contributed by atoms with Gasteiger partial charge in [0.05, 0.1) is 13.7 Å². The van der Waals surface area contributed by atoms with E-state index in [-0.39, 0.29) is 18.2 Å². The van der Waals surface area contributed by atoms with Crippen molar-refractivity contribution in [3.05, 3.63) is 12.2 Å². The molecule has 0 N–H and O–H groups in total. The molecule has 0 amide bonds. The van der Waals surface area contributed by atoms with Crippen molar-refractivity contribution in [2.75, 3.05) is 26.8 Å². The predicted octanol–water partition coefficient (Wildman–Crippen LogP) is 3.19. The normalized spacial score (nSPS) is 23.3. The minimum absolute atomic E-state index is 0.148. The van der Waals surface area contributed by atoms with Gasteiger partial charge in [-0.25, -0.2) is 0 Å². The molecule has 0 aromatic rings. The lowest BCUT2D eigenvalue weighted by molar-refractivity contribution is -0.149. The first-order valence-electron chi connectivity index (χ1n) is 9.40. The average Bonchev–Trinajstić information content (AvgIpc) is 3.26. The Morgan fingerprint density at radius 3 is 2.69 bits per heavy atom. The van der Waals surface area contributed by atoms with Crippen molar-refractivity contribution >= 4 is 23.4 Å². The van der Waals surface area contributed by atoms with Crippen LogP contribution >= 0.6 is 12.2 Å². The van der Waals surface area contributed by atoms with Gasteiger partial charge < -0.3 is 23.8 Å². The van der Waals surface area contributed by atoms with Gasteiger partial charge in [0.15, 0.2) is 5.79 Å². The summed E-state index contributed by atoms with van der Waals surface area (Å²) in [5.74, 6) is -0.763. The van der Waals surface area contributed by atoms with Crippen molar-refractivity contribution in [1.82, 2.24) is 4.90 Å². The third kappa shape index (κ3) is 6.85. The number of likely N-dealkylation sites (tertiary alicyclic amines) is 1. The number of carbonyl (C=O) groups excluding carboxylic acids is 1. The van der Waals surface area contributed by atoms with Gasteiger partial charge in [0, 0.05) is 25.9 Å².